The highest BCUT2D eigenvalue weighted by atomic mass is 15.2. The van der Waals surface area contributed by atoms with E-state index in [4.69, 9.17) is 0 Å². The molecule has 67 heavy (non-hydrogen) atoms. The molecule has 0 saturated carbocycles. The first-order valence-electron chi connectivity index (χ1n) is 23.8. The third-order valence-electron chi connectivity index (χ3n) is 14.5. The van der Waals surface area contributed by atoms with Gasteiger partial charge in [0.1, 0.15) is 0 Å². The highest BCUT2D eigenvalue weighted by molar-refractivity contribution is 6.19. The van der Waals surface area contributed by atoms with Crippen LogP contribution in [-0.2, 0) is 16.2 Å². The Morgan fingerprint density at radius 3 is 0.985 bits per heavy atom. The van der Waals surface area contributed by atoms with Crippen molar-refractivity contribution in [3.8, 4) is 22.3 Å². The zero-order valence-corrected chi connectivity index (χ0v) is 39.2. The van der Waals surface area contributed by atoms with E-state index in [1.54, 1.807) is 0 Å². The van der Waals surface area contributed by atoms with Crippen molar-refractivity contribution in [2.24, 2.45) is 0 Å². The number of anilines is 6. The third kappa shape index (κ3) is 6.23. The van der Waals surface area contributed by atoms with E-state index in [1.165, 1.54) is 77.2 Å². The van der Waals surface area contributed by atoms with E-state index >= 15 is 0 Å². The van der Waals surface area contributed by atoms with Crippen LogP contribution < -0.4 is 9.80 Å². The van der Waals surface area contributed by atoms with E-state index in [0.717, 1.165) is 34.1 Å². The molecule has 0 bridgehead atoms. The fraction of sp³-hybridized carbons (Fsp3) is 0.138. The van der Waals surface area contributed by atoms with Crippen molar-refractivity contribution >= 4 is 55.7 Å². The van der Waals surface area contributed by atoms with Gasteiger partial charge in [-0.1, -0.05) is 199 Å². The SMILES string of the molecule is CC(C)(C)c1ccc(N(c2ccccc2)c2cc3c(c4ccccc24)-c2c(cc(N(c4ccccc4)c4ccc(C(C)(C)C)cc4)c4ccccc24)C32c3ccccc3-c3ccccc32)cc1. The Morgan fingerprint density at radius 1 is 0.299 bits per heavy atom. The minimum Gasteiger partial charge on any atom is -0.310 e. The summed E-state index contributed by atoms with van der Waals surface area (Å²) in [4.78, 5) is 4.97. The van der Waals surface area contributed by atoms with Gasteiger partial charge >= 0.3 is 0 Å². The normalized spacial score (nSPS) is 13.3. The van der Waals surface area contributed by atoms with Crippen LogP contribution in [0.5, 0.6) is 0 Å². The molecule has 324 valence electrons. The van der Waals surface area contributed by atoms with Crippen molar-refractivity contribution in [3.63, 3.8) is 0 Å². The summed E-state index contributed by atoms with van der Waals surface area (Å²) in [5.41, 5.74) is 19.3. The van der Waals surface area contributed by atoms with Gasteiger partial charge in [-0.25, -0.2) is 0 Å². The van der Waals surface area contributed by atoms with Crippen molar-refractivity contribution in [2.45, 2.75) is 57.8 Å². The molecule has 0 N–H and O–H groups in total. The predicted molar refractivity (Wildman–Crippen MR) is 285 cm³/mol. The lowest BCUT2D eigenvalue weighted by atomic mass is 9.70. The molecule has 2 heteroatoms. The van der Waals surface area contributed by atoms with Gasteiger partial charge in [0.25, 0.3) is 0 Å². The molecule has 2 nitrogen and oxygen atoms in total. The summed E-state index contributed by atoms with van der Waals surface area (Å²) in [6.45, 7) is 13.7. The Kier molecular flexibility index (Phi) is 9.25. The fourth-order valence-corrected chi connectivity index (χ4v) is 11.4. The van der Waals surface area contributed by atoms with E-state index in [1.807, 2.05) is 0 Å². The van der Waals surface area contributed by atoms with Crippen LogP contribution in [0.3, 0.4) is 0 Å². The maximum absolute atomic E-state index is 2.57. The first-order chi connectivity index (χ1) is 32.5. The fourth-order valence-electron chi connectivity index (χ4n) is 11.4. The average molecular weight is 863 g/mol. The maximum Gasteiger partial charge on any atom is 0.0727 e. The number of para-hydroxylation sites is 2. The Labute approximate surface area is 395 Å². The van der Waals surface area contributed by atoms with Gasteiger partial charge in [0, 0.05) is 33.5 Å². The molecule has 12 rings (SSSR count). The van der Waals surface area contributed by atoms with Crippen molar-refractivity contribution in [2.75, 3.05) is 9.80 Å². The summed E-state index contributed by atoms with van der Waals surface area (Å²) in [7, 11) is 0. The molecule has 2 aliphatic carbocycles. The Bertz CT molecular complexity index is 3280. The number of fused-ring (bicyclic) bond motifs is 14. The highest BCUT2D eigenvalue weighted by Gasteiger charge is 2.53. The molecular weight excluding hydrogens is 809 g/mol. The average Bonchev–Trinajstić information content (AvgIpc) is 3.82. The molecule has 2 aliphatic rings. The van der Waals surface area contributed by atoms with Crippen LogP contribution >= 0.6 is 0 Å². The summed E-state index contributed by atoms with van der Waals surface area (Å²) in [6.07, 6.45) is 0. The molecule has 0 aromatic heterocycles. The first-order valence-corrected chi connectivity index (χ1v) is 23.8. The van der Waals surface area contributed by atoms with Crippen molar-refractivity contribution in [1.29, 1.82) is 0 Å². The van der Waals surface area contributed by atoms with Gasteiger partial charge < -0.3 is 9.80 Å². The molecule has 1 spiro atoms. The molecule has 0 radical (unpaired) electrons. The Morgan fingerprint density at radius 2 is 0.612 bits per heavy atom. The van der Waals surface area contributed by atoms with Crippen LogP contribution in [0.1, 0.15) is 74.9 Å². The number of benzene rings is 10. The number of hydrogen-bond acceptors (Lipinski definition) is 2. The van der Waals surface area contributed by atoms with E-state index < -0.39 is 5.41 Å². The molecule has 0 saturated heterocycles. The Hall–Kier alpha value is -7.68. The monoisotopic (exact) mass is 862 g/mol. The van der Waals surface area contributed by atoms with Crippen LogP contribution in [0.15, 0.2) is 218 Å². The van der Waals surface area contributed by atoms with Crippen molar-refractivity contribution in [3.05, 3.63) is 252 Å². The second-order valence-electron chi connectivity index (χ2n) is 20.5. The zero-order valence-electron chi connectivity index (χ0n) is 39.2. The summed E-state index contributed by atoms with van der Waals surface area (Å²) < 4.78 is 0. The van der Waals surface area contributed by atoms with E-state index in [2.05, 4.69) is 270 Å². The zero-order chi connectivity index (χ0) is 45.7. The lowest BCUT2D eigenvalue weighted by molar-refractivity contribution is 0.590. The highest BCUT2D eigenvalue weighted by Crippen LogP contribution is 2.67. The summed E-state index contributed by atoms with van der Waals surface area (Å²) in [5.74, 6) is 0. The topological polar surface area (TPSA) is 6.48 Å². The number of nitrogens with zero attached hydrogens (tertiary/aromatic N) is 2. The molecule has 0 fully saturated rings. The molecule has 10 aromatic carbocycles. The van der Waals surface area contributed by atoms with Gasteiger partial charge in [0.2, 0.25) is 0 Å². The second-order valence-corrected chi connectivity index (χ2v) is 20.5. The van der Waals surface area contributed by atoms with E-state index in [0.29, 0.717) is 0 Å². The van der Waals surface area contributed by atoms with Crippen LogP contribution in [0.4, 0.5) is 34.1 Å². The van der Waals surface area contributed by atoms with Crippen molar-refractivity contribution in [1.82, 2.24) is 0 Å². The van der Waals surface area contributed by atoms with E-state index in [9.17, 15) is 0 Å². The van der Waals surface area contributed by atoms with Gasteiger partial charge in [-0.3, -0.25) is 0 Å². The minimum atomic E-state index is -0.633. The smallest absolute Gasteiger partial charge is 0.0727 e. The van der Waals surface area contributed by atoms with E-state index in [-0.39, 0.29) is 10.8 Å². The molecule has 10 aromatic rings. The second kappa shape index (κ2) is 15.2. The van der Waals surface area contributed by atoms with Crippen LogP contribution in [0, 0.1) is 0 Å². The minimum absolute atomic E-state index is 0.0331. The molecule has 0 atom stereocenters. The standard InChI is InChI=1S/C65H54N2/c1-63(2,3)43-33-37-47(38-34-43)66(45-21-9-7-10-22-45)59-41-57-61(53-29-15-13-27-51(53)59)62-54-30-16-14-28-52(54)60(67(46-23-11-8-12-24-46)48-39-35-44(36-40-48)64(4,5)6)42-58(62)65(57)55-31-19-17-25-49(55)50-26-18-20-32-56(50)65/h7-42H,1-6H3. The summed E-state index contributed by atoms with van der Waals surface area (Å²) >= 11 is 0. The quantitative estimate of drug-likeness (QED) is 0.164. The largest absolute Gasteiger partial charge is 0.310 e. The van der Waals surface area contributed by atoms with Gasteiger partial charge in [-0.05, 0) is 138 Å². The maximum atomic E-state index is 2.57. The molecule has 0 unspecified atom stereocenters. The van der Waals surface area contributed by atoms with Crippen molar-refractivity contribution < 1.29 is 0 Å². The summed E-state index contributed by atoms with van der Waals surface area (Å²) in [6, 6.07) is 82.1. The van der Waals surface area contributed by atoms with Gasteiger partial charge in [-0.15, -0.1) is 0 Å². The predicted octanol–water partition coefficient (Wildman–Crippen LogP) is 17.9. The third-order valence-corrected chi connectivity index (χ3v) is 14.5. The van der Waals surface area contributed by atoms with Crippen LogP contribution in [0.25, 0.3) is 43.8 Å². The molecular formula is C65H54N2. The lowest BCUT2D eigenvalue weighted by Crippen LogP contribution is -2.26. The Balaban J connectivity index is 1.22. The lowest BCUT2D eigenvalue weighted by Gasteiger charge is -2.34. The first kappa shape index (κ1) is 40.8. The van der Waals surface area contributed by atoms with Gasteiger partial charge in [-0.2, -0.15) is 0 Å². The van der Waals surface area contributed by atoms with Crippen LogP contribution in [0.2, 0.25) is 0 Å². The van der Waals surface area contributed by atoms with Gasteiger partial charge in [0.05, 0.1) is 16.8 Å². The number of hydrogen-bond donors (Lipinski definition) is 0. The number of rotatable bonds is 6. The van der Waals surface area contributed by atoms with Gasteiger partial charge in [0.15, 0.2) is 0 Å². The summed E-state index contributed by atoms with van der Waals surface area (Å²) in [5, 5.41) is 4.92. The molecule has 0 aliphatic heterocycles. The van der Waals surface area contributed by atoms with Crippen LogP contribution in [-0.4, -0.2) is 0 Å². The molecule has 0 heterocycles. The molecule has 0 amide bonds.